The SMILES string of the molecule is CNCC(O)c1cc(F)c(OC)c(Cl)c1. The normalized spacial score (nSPS) is 12.6. The van der Waals surface area contributed by atoms with E-state index in [9.17, 15) is 9.50 Å². The van der Waals surface area contributed by atoms with E-state index in [2.05, 4.69) is 5.32 Å². The van der Waals surface area contributed by atoms with Crippen LogP contribution in [0.1, 0.15) is 11.7 Å². The van der Waals surface area contributed by atoms with Crippen LogP contribution in [0.4, 0.5) is 4.39 Å². The molecule has 0 aromatic heterocycles. The summed E-state index contributed by atoms with van der Waals surface area (Å²) in [5.74, 6) is -0.577. The van der Waals surface area contributed by atoms with Crippen molar-refractivity contribution >= 4 is 11.6 Å². The molecule has 0 saturated carbocycles. The molecule has 0 aliphatic heterocycles. The zero-order valence-electron chi connectivity index (χ0n) is 8.55. The van der Waals surface area contributed by atoms with E-state index in [1.807, 2.05) is 0 Å². The summed E-state index contributed by atoms with van der Waals surface area (Å²) in [5.41, 5.74) is 0.424. The molecule has 0 aliphatic carbocycles. The van der Waals surface area contributed by atoms with Crippen molar-refractivity contribution in [2.75, 3.05) is 20.7 Å². The summed E-state index contributed by atoms with van der Waals surface area (Å²) < 4.78 is 18.1. The highest BCUT2D eigenvalue weighted by atomic mass is 35.5. The van der Waals surface area contributed by atoms with Crippen molar-refractivity contribution in [2.45, 2.75) is 6.10 Å². The van der Waals surface area contributed by atoms with Crippen molar-refractivity contribution in [3.05, 3.63) is 28.5 Å². The fourth-order valence-electron chi connectivity index (χ4n) is 1.28. The fourth-order valence-corrected chi connectivity index (χ4v) is 1.57. The Morgan fingerprint density at radius 3 is 2.73 bits per heavy atom. The van der Waals surface area contributed by atoms with Crippen LogP contribution in [-0.4, -0.2) is 25.8 Å². The Labute approximate surface area is 92.8 Å². The van der Waals surface area contributed by atoms with Crippen LogP contribution in [0.2, 0.25) is 5.02 Å². The number of aliphatic hydroxyl groups excluding tert-OH is 1. The van der Waals surface area contributed by atoms with E-state index in [4.69, 9.17) is 16.3 Å². The van der Waals surface area contributed by atoms with Crippen molar-refractivity contribution in [3.63, 3.8) is 0 Å². The van der Waals surface area contributed by atoms with E-state index in [0.717, 1.165) is 0 Å². The molecule has 1 aromatic rings. The Balaban J connectivity index is 3.02. The number of nitrogens with one attached hydrogen (secondary N) is 1. The van der Waals surface area contributed by atoms with E-state index in [-0.39, 0.29) is 10.8 Å². The van der Waals surface area contributed by atoms with E-state index in [1.54, 1.807) is 7.05 Å². The molecule has 1 unspecified atom stereocenters. The van der Waals surface area contributed by atoms with Gasteiger partial charge in [0.1, 0.15) is 0 Å². The smallest absolute Gasteiger partial charge is 0.173 e. The van der Waals surface area contributed by atoms with Gasteiger partial charge in [-0.25, -0.2) is 4.39 Å². The Morgan fingerprint density at radius 1 is 1.60 bits per heavy atom. The fraction of sp³-hybridized carbons (Fsp3) is 0.400. The minimum atomic E-state index is -0.784. The molecule has 1 rings (SSSR count). The van der Waals surface area contributed by atoms with Crippen LogP contribution in [-0.2, 0) is 0 Å². The quantitative estimate of drug-likeness (QED) is 0.833. The average molecular weight is 234 g/mol. The van der Waals surface area contributed by atoms with Crippen molar-refractivity contribution in [1.82, 2.24) is 5.32 Å². The predicted molar refractivity (Wildman–Crippen MR) is 56.8 cm³/mol. The van der Waals surface area contributed by atoms with Crippen LogP contribution >= 0.6 is 11.6 Å². The average Bonchev–Trinajstić information content (AvgIpc) is 2.17. The van der Waals surface area contributed by atoms with Crippen LogP contribution in [0.15, 0.2) is 12.1 Å². The number of ether oxygens (including phenoxy) is 1. The third-order valence-electron chi connectivity index (χ3n) is 2.01. The molecule has 1 aromatic carbocycles. The molecule has 0 fully saturated rings. The molecule has 0 saturated heterocycles. The van der Waals surface area contributed by atoms with E-state index in [0.29, 0.717) is 12.1 Å². The standard InChI is InChI=1S/C10H13ClFNO2/c1-13-5-9(14)6-3-7(11)10(15-2)8(12)4-6/h3-4,9,13-14H,5H2,1-2H3. The Bertz CT molecular complexity index is 323. The number of benzene rings is 1. The maximum atomic E-state index is 13.4. The minimum absolute atomic E-state index is 0.00271. The van der Waals surface area contributed by atoms with Gasteiger partial charge in [-0.1, -0.05) is 11.6 Å². The Kier molecular flexibility index (Phi) is 4.32. The van der Waals surface area contributed by atoms with Crippen molar-refractivity contribution in [2.24, 2.45) is 0 Å². The first-order chi connectivity index (χ1) is 7.10. The monoisotopic (exact) mass is 233 g/mol. The first kappa shape index (κ1) is 12.2. The molecule has 5 heteroatoms. The third kappa shape index (κ3) is 2.81. The summed E-state index contributed by atoms with van der Waals surface area (Å²) in [4.78, 5) is 0. The summed E-state index contributed by atoms with van der Waals surface area (Å²) in [6.07, 6.45) is -0.784. The molecular weight excluding hydrogens is 221 g/mol. The predicted octanol–water partition coefficient (Wildman–Crippen LogP) is 1.74. The molecule has 1 atom stereocenters. The largest absolute Gasteiger partial charge is 0.492 e. The van der Waals surface area contributed by atoms with Crippen molar-refractivity contribution in [3.8, 4) is 5.75 Å². The molecular formula is C10H13ClFNO2. The number of halogens is 2. The number of hydrogen-bond acceptors (Lipinski definition) is 3. The van der Waals surface area contributed by atoms with Crippen LogP contribution in [0.3, 0.4) is 0 Å². The summed E-state index contributed by atoms with van der Waals surface area (Å²) >= 11 is 5.78. The van der Waals surface area contributed by atoms with Gasteiger partial charge in [0.05, 0.1) is 18.2 Å². The molecule has 0 radical (unpaired) electrons. The number of rotatable bonds is 4. The highest BCUT2D eigenvalue weighted by Gasteiger charge is 2.14. The minimum Gasteiger partial charge on any atom is -0.492 e. The van der Waals surface area contributed by atoms with Crippen LogP contribution in [0.25, 0.3) is 0 Å². The summed E-state index contributed by atoms with van der Waals surface area (Å²) in [5, 5.41) is 12.5. The number of aliphatic hydroxyl groups is 1. The number of hydrogen-bond donors (Lipinski definition) is 2. The molecule has 0 heterocycles. The van der Waals surface area contributed by atoms with Gasteiger partial charge < -0.3 is 15.2 Å². The molecule has 0 spiro atoms. The van der Waals surface area contributed by atoms with E-state index in [1.165, 1.54) is 19.2 Å². The molecule has 84 valence electrons. The summed E-state index contributed by atoms with van der Waals surface area (Å²) in [7, 11) is 3.04. The highest BCUT2D eigenvalue weighted by molar-refractivity contribution is 6.32. The lowest BCUT2D eigenvalue weighted by Gasteiger charge is -2.12. The van der Waals surface area contributed by atoms with Gasteiger partial charge in [0.25, 0.3) is 0 Å². The number of methoxy groups -OCH3 is 1. The van der Waals surface area contributed by atoms with Gasteiger partial charge in [-0.05, 0) is 24.7 Å². The summed E-state index contributed by atoms with van der Waals surface area (Å²) in [6.45, 7) is 0.335. The first-order valence-corrected chi connectivity index (χ1v) is 4.83. The van der Waals surface area contributed by atoms with Crippen LogP contribution < -0.4 is 10.1 Å². The Morgan fingerprint density at radius 2 is 2.27 bits per heavy atom. The second-order valence-corrected chi connectivity index (χ2v) is 3.50. The van der Waals surface area contributed by atoms with Gasteiger partial charge in [0, 0.05) is 6.54 Å². The zero-order chi connectivity index (χ0) is 11.4. The van der Waals surface area contributed by atoms with Crippen molar-refractivity contribution < 1.29 is 14.2 Å². The van der Waals surface area contributed by atoms with E-state index >= 15 is 0 Å². The van der Waals surface area contributed by atoms with Crippen molar-refractivity contribution in [1.29, 1.82) is 0 Å². The van der Waals surface area contributed by atoms with Gasteiger partial charge in [-0.3, -0.25) is 0 Å². The lowest BCUT2D eigenvalue weighted by Crippen LogP contribution is -2.16. The molecule has 0 bridgehead atoms. The lowest BCUT2D eigenvalue weighted by atomic mass is 10.1. The third-order valence-corrected chi connectivity index (χ3v) is 2.29. The molecule has 2 N–H and O–H groups in total. The van der Waals surface area contributed by atoms with Gasteiger partial charge in [-0.2, -0.15) is 0 Å². The molecule has 0 amide bonds. The number of likely N-dealkylation sites (N-methyl/N-ethyl adjacent to an activating group) is 1. The van der Waals surface area contributed by atoms with Crippen LogP contribution in [0, 0.1) is 5.82 Å². The zero-order valence-corrected chi connectivity index (χ0v) is 9.31. The highest BCUT2D eigenvalue weighted by Crippen LogP contribution is 2.30. The molecule has 3 nitrogen and oxygen atoms in total. The second-order valence-electron chi connectivity index (χ2n) is 3.09. The van der Waals surface area contributed by atoms with Gasteiger partial charge >= 0.3 is 0 Å². The first-order valence-electron chi connectivity index (χ1n) is 4.45. The Hall–Kier alpha value is -0.840. The van der Waals surface area contributed by atoms with Gasteiger partial charge in [0.15, 0.2) is 11.6 Å². The maximum absolute atomic E-state index is 13.4. The molecule has 0 aliphatic rings. The molecule has 15 heavy (non-hydrogen) atoms. The van der Waals surface area contributed by atoms with E-state index < -0.39 is 11.9 Å². The maximum Gasteiger partial charge on any atom is 0.173 e. The second kappa shape index (κ2) is 5.30. The van der Waals surface area contributed by atoms with Gasteiger partial charge in [0.2, 0.25) is 0 Å². The summed E-state index contributed by atoms with van der Waals surface area (Å²) in [6, 6.07) is 2.71. The topological polar surface area (TPSA) is 41.5 Å². The van der Waals surface area contributed by atoms with Crippen LogP contribution in [0.5, 0.6) is 5.75 Å². The lowest BCUT2D eigenvalue weighted by molar-refractivity contribution is 0.177. The van der Waals surface area contributed by atoms with Gasteiger partial charge in [-0.15, -0.1) is 0 Å².